The highest BCUT2D eigenvalue weighted by Gasteiger charge is 2.02. The van der Waals surface area contributed by atoms with Crippen molar-refractivity contribution in [1.29, 1.82) is 0 Å². The van der Waals surface area contributed by atoms with Crippen molar-refractivity contribution in [1.82, 2.24) is 25.4 Å². The van der Waals surface area contributed by atoms with Gasteiger partial charge in [-0.1, -0.05) is 0 Å². The molecule has 3 N–H and O–H groups in total. The summed E-state index contributed by atoms with van der Waals surface area (Å²) in [6.07, 6.45) is 0. The minimum Gasteiger partial charge on any atom is -0.366 e. The number of nitrogens with zero attached hydrogens (tertiary/aromatic N) is 2. The fraction of sp³-hybridized carbons (Fsp3) is 0.500. The number of nitrogens with one attached hydrogen (secondary N) is 3. The second-order valence-electron chi connectivity index (χ2n) is 2.44. The van der Waals surface area contributed by atoms with Gasteiger partial charge in [-0.15, -0.1) is 0 Å². The topological polar surface area (TPSA) is 74.7 Å². The quantitative estimate of drug-likeness (QED) is 0.519. The van der Waals surface area contributed by atoms with Crippen LogP contribution in [0.15, 0.2) is 4.79 Å². The van der Waals surface area contributed by atoms with E-state index in [0.717, 1.165) is 0 Å². The van der Waals surface area contributed by atoms with Crippen LogP contribution in [-0.2, 0) is 13.6 Å². The molecule has 0 atom stereocenters. The van der Waals surface area contributed by atoms with Gasteiger partial charge in [0.05, 0.1) is 6.54 Å². The maximum absolute atomic E-state index is 10.9. The first-order chi connectivity index (χ1) is 6.15. The summed E-state index contributed by atoms with van der Waals surface area (Å²) in [6.45, 7) is 0.426. The minimum atomic E-state index is -0.229. The van der Waals surface area contributed by atoms with E-state index in [-0.39, 0.29) is 5.69 Å². The first kappa shape index (κ1) is 9.72. The Hall–Kier alpha value is -1.37. The molecule has 0 spiro atoms. The molecule has 0 radical (unpaired) electrons. The third-order valence-electron chi connectivity index (χ3n) is 1.61. The average Bonchev–Trinajstić information content (AvgIpc) is 2.44. The highest BCUT2D eigenvalue weighted by atomic mass is 32.1. The molecule has 1 heterocycles. The van der Waals surface area contributed by atoms with Crippen LogP contribution in [0.1, 0.15) is 5.82 Å². The Morgan fingerprint density at radius 3 is 2.92 bits per heavy atom. The lowest BCUT2D eigenvalue weighted by Gasteiger charge is -2.04. The van der Waals surface area contributed by atoms with Gasteiger partial charge in [0.25, 0.3) is 0 Å². The summed E-state index contributed by atoms with van der Waals surface area (Å²) >= 11 is 4.86. The van der Waals surface area contributed by atoms with E-state index in [4.69, 9.17) is 12.2 Å². The van der Waals surface area contributed by atoms with Crippen molar-refractivity contribution in [3.05, 3.63) is 16.3 Å². The van der Waals surface area contributed by atoms with Crippen molar-refractivity contribution < 1.29 is 0 Å². The molecule has 1 aromatic heterocycles. The van der Waals surface area contributed by atoms with E-state index in [1.54, 1.807) is 14.1 Å². The zero-order valence-electron chi connectivity index (χ0n) is 7.42. The Labute approximate surface area is 80.3 Å². The molecule has 0 bridgehead atoms. The zero-order chi connectivity index (χ0) is 9.84. The summed E-state index contributed by atoms with van der Waals surface area (Å²) in [4.78, 5) is 10.9. The first-order valence-electron chi connectivity index (χ1n) is 3.71. The number of hydrogen-bond acceptors (Lipinski definition) is 3. The predicted molar refractivity (Wildman–Crippen MR) is 52.3 cm³/mol. The molecule has 0 saturated carbocycles. The van der Waals surface area contributed by atoms with Gasteiger partial charge >= 0.3 is 5.69 Å². The summed E-state index contributed by atoms with van der Waals surface area (Å²) in [6, 6.07) is 0. The molecule has 7 heteroatoms. The summed E-state index contributed by atoms with van der Waals surface area (Å²) in [5.74, 6) is 0.614. The maximum Gasteiger partial charge on any atom is 0.343 e. The Morgan fingerprint density at radius 1 is 1.77 bits per heavy atom. The van der Waals surface area contributed by atoms with Crippen molar-refractivity contribution in [3.8, 4) is 0 Å². The van der Waals surface area contributed by atoms with Gasteiger partial charge in [-0.2, -0.15) is 5.10 Å². The van der Waals surface area contributed by atoms with Crippen molar-refractivity contribution in [3.63, 3.8) is 0 Å². The molecule has 0 amide bonds. The van der Waals surface area contributed by atoms with E-state index in [9.17, 15) is 4.79 Å². The second kappa shape index (κ2) is 4.04. The molecule has 0 aliphatic heterocycles. The molecule has 0 aliphatic carbocycles. The number of H-pyrrole nitrogens is 1. The fourth-order valence-electron chi connectivity index (χ4n) is 0.785. The van der Waals surface area contributed by atoms with Crippen molar-refractivity contribution in [2.75, 3.05) is 7.05 Å². The molecule has 72 valence electrons. The molecule has 1 rings (SSSR count). The van der Waals surface area contributed by atoms with Crippen molar-refractivity contribution in [2.45, 2.75) is 6.54 Å². The van der Waals surface area contributed by atoms with Gasteiger partial charge in [0.1, 0.15) is 0 Å². The van der Waals surface area contributed by atoms with Gasteiger partial charge in [0, 0.05) is 14.1 Å². The van der Waals surface area contributed by atoms with E-state index >= 15 is 0 Å². The standard InChI is InChI=1S/C6H11N5OS/c1-7-5(13)8-3-4-9-10-6(12)11(4)2/h3H2,1-2H3,(H,10,12)(H2,7,8,13). The van der Waals surface area contributed by atoms with Crippen LogP contribution in [0.4, 0.5) is 0 Å². The molecule has 0 aromatic carbocycles. The number of thiocarbonyl (C=S) groups is 1. The van der Waals surface area contributed by atoms with Gasteiger partial charge in [-0.3, -0.25) is 4.57 Å². The number of aromatic amines is 1. The smallest absolute Gasteiger partial charge is 0.343 e. The molecule has 0 fully saturated rings. The van der Waals surface area contributed by atoms with Crippen LogP contribution in [0.3, 0.4) is 0 Å². The monoisotopic (exact) mass is 201 g/mol. The number of aromatic nitrogens is 3. The van der Waals surface area contributed by atoms with E-state index in [1.165, 1.54) is 4.57 Å². The molecular formula is C6H11N5OS. The fourth-order valence-corrected chi connectivity index (χ4v) is 0.858. The second-order valence-corrected chi connectivity index (χ2v) is 2.84. The van der Waals surface area contributed by atoms with Gasteiger partial charge in [-0.05, 0) is 12.2 Å². The van der Waals surface area contributed by atoms with Gasteiger partial charge in [0.15, 0.2) is 10.9 Å². The Morgan fingerprint density at radius 2 is 2.46 bits per heavy atom. The molecule has 0 unspecified atom stereocenters. The molecular weight excluding hydrogens is 190 g/mol. The van der Waals surface area contributed by atoms with E-state index in [1.807, 2.05) is 0 Å². The zero-order valence-corrected chi connectivity index (χ0v) is 8.23. The largest absolute Gasteiger partial charge is 0.366 e. The van der Waals surface area contributed by atoms with E-state index in [2.05, 4.69) is 20.8 Å². The van der Waals surface area contributed by atoms with Gasteiger partial charge in [0.2, 0.25) is 0 Å². The molecule has 6 nitrogen and oxygen atoms in total. The Balaban J connectivity index is 2.60. The van der Waals surface area contributed by atoms with Gasteiger partial charge in [-0.25, -0.2) is 9.89 Å². The lowest BCUT2D eigenvalue weighted by atomic mass is 10.6. The highest BCUT2D eigenvalue weighted by molar-refractivity contribution is 7.80. The normalized spacial score (nSPS) is 9.69. The lowest BCUT2D eigenvalue weighted by molar-refractivity contribution is 0.733. The van der Waals surface area contributed by atoms with Crippen LogP contribution >= 0.6 is 12.2 Å². The van der Waals surface area contributed by atoms with Crippen LogP contribution in [0.2, 0.25) is 0 Å². The Kier molecular flexibility index (Phi) is 3.02. The summed E-state index contributed by atoms with van der Waals surface area (Å²) in [7, 11) is 3.37. The minimum absolute atomic E-state index is 0.229. The van der Waals surface area contributed by atoms with E-state index < -0.39 is 0 Å². The average molecular weight is 201 g/mol. The summed E-state index contributed by atoms with van der Waals surface area (Å²) in [5, 5.41) is 12.3. The first-order valence-corrected chi connectivity index (χ1v) is 4.12. The van der Waals surface area contributed by atoms with Crippen LogP contribution < -0.4 is 16.3 Å². The van der Waals surface area contributed by atoms with Crippen molar-refractivity contribution in [2.24, 2.45) is 7.05 Å². The predicted octanol–water partition coefficient (Wildman–Crippen LogP) is -1.30. The lowest BCUT2D eigenvalue weighted by Crippen LogP contribution is -2.33. The third-order valence-corrected chi connectivity index (χ3v) is 1.95. The highest BCUT2D eigenvalue weighted by Crippen LogP contribution is 1.85. The SMILES string of the molecule is CNC(=S)NCc1n[nH]c(=O)n1C. The van der Waals surface area contributed by atoms with Crippen molar-refractivity contribution >= 4 is 17.3 Å². The summed E-state index contributed by atoms with van der Waals surface area (Å²) < 4.78 is 1.42. The maximum atomic E-state index is 10.9. The molecule has 0 saturated heterocycles. The Bertz CT molecular complexity index is 354. The number of hydrogen-bond donors (Lipinski definition) is 3. The summed E-state index contributed by atoms with van der Waals surface area (Å²) in [5.41, 5.74) is -0.229. The third kappa shape index (κ3) is 2.28. The van der Waals surface area contributed by atoms with Crippen LogP contribution in [0.5, 0.6) is 0 Å². The molecule has 1 aromatic rings. The molecule has 13 heavy (non-hydrogen) atoms. The van der Waals surface area contributed by atoms with Crippen LogP contribution in [0.25, 0.3) is 0 Å². The molecule has 0 aliphatic rings. The van der Waals surface area contributed by atoms with Crippen LogP contribution in [0, 0.1) is 0 Å². The van der Waals surface area contributed by atoms with Gasteiger partial charge < -0.3 is 10.6 Å². The van der Waals surface area contributed by atoms with Crippen LogP contribution in [-0.4, -0.2) is 26.9 Å². The number of rotatable bonds is 2. The van der Waals surface area contributed by atoms with E-state index in [0.29, 0.717) is 17.5 Å².